The maximum atomic E-state index is 13.9. The fraction of sp³-hybridized carbons (Fsp3) is 0.250. The van der Waals surface area contributed by atoms with Gasteiger partial charge in [-0.25, -0.2) is 8.78 Å². The summed E-state index contributed by atoms with van der Waals surface area (Å²) < 4.78 is 27.1. The van der Waals surface area contributed by atoms with Gasteiger partial charge in [0.25, 0.3) is 0 Å². The number of rotatable bonds is 4. The van der Waals surface area contributed by atoms with Crippen LogP contribution in [0.25, 0.3) is 0 Å². The molecule has 0 aliphatic heterocycles. The highest BCUT2D eigenvalue weighted by atomic mass is 19.1. The van der Waals surface area contributed by atoms with Crippen molar-refractivity contribution in [1.82, 2.24) is 0 Å². The number of anilines is 1. The van der Waals surface area contributed by atoms with E-state index in [2.05, 4.69) is 0 Å². The van der Waals surface area contributed by atoms with Gasteiger partial charge in [-0.05, 0) is 36.8 Å². The number of halogens is 2. The molecule has 0 saturated carbocycles. The molecule has 0 amide bonds. The highest BCUT2D eigenvalue weighted by Gasteiger charge is 2.17. The second kappa shape index (κ2) is 6.01. The van der Waals surface area contributed by atoms with Crippen LogP contribution in [0.3, 0.4) is 0 Å². The van der Waals surface area contributed by atoms with Gasteiger partial charge in [0, 0.05) is 24.8 Å². The molecule has 2 aromatic rings. The van der Waals surface area contributed by atoms with E-state index in [-0.39, 0.29) is 24.2 Å². The van der Waals surface area contributed by atoms with Crippen LogP contribution in [0.5, 0.6) is 0 Å². The molecule has 0 aliphatic carbocycles. The van der Waals surface area contributed by atoms with Gasteiger partial charge in [-0.1, -0.05) is 18.2 Å². The third kappa shape index (κ3) is 2.80. The number of hydrogen-bond donors (Lipinski definition) is 1. The van der Waals surface area contributed by atoms with E-state index in [4.69, 9.17) is 5.73 Å². The van der Waals surface area contributed by atoms with E-state index in [1.165, 1.54) is 18.2 Å². The number of nitrogens with two attached hydrogens (primary N) is 1. The second-order valence-corrected chi connectivity index (χ2v) is 4.79. The average molecular weight is 276 g/mol. The molecular weight excluding hydrogens is 258 g/mol. The Hall–Kier alpha value is -1.94. The predicted molar refractivity (Wildman–Crippen MR) is 77.5 cm³/mol. The molecule has 20 heavy (non-hydrogen) atoms. The van der Waals surface area contributed by atoms with Gasteiger partial charge in [0.2, 0.25) is 0 Å². The Balaban J connectivity index is 2.36. The molecule has 2 N–H and O–H groups in total. The summed E-state index contributed by atoms with van der Waals surface area (Å²) in [5.41, 5.74) is 7.77. The van der Waals surface area contributed by atoms with Crippen molar-refractivity contribution in [2.24, 2.45) is 5.73 Å². The first kappa shape index (κ1) is 14.5. The summed E-state index contributed by atoms with van der Waals surface area (Å²) in [6.45, 7) is 2.14. The highest BCUT2D eigenvalue weighted by molar-refractivity contribution is 5.55. The Kier molecular flexibility index (Phi) is 4.35. The van der Waals surface area contributed by atoms with Crippen molar-refractivity contribution in [2.75, 3.05) is 11.9 Å². The highest BCUT2D eigenvalue weighted by Crippen LogP contribution is 2.29. The van der Waals surface area contributed by atoms with Gasteiger partial charge in [-0.2, -0.15) is 0 Å². The summed E-state index contributed by atoms with van der Waals surface area (Å²) in [4.78, 5) is 1.90. The second-order valence-electron chi connectivity index (χ2n) is 4.79. The van der Waals surface area contributed by atoms with Crippen molar-refractivity contribution in [3.05, 3.63) is 65.2 Å². The maximum absolute atomic E-state index is 13.9. The fourth-order valence-electron chi connectivity index (χ4n) is 2.29. The lowest BCUT2D eigenvalue weighted by Crippen LogP contribution is -2.24. The minimum absolute atomic E-state index is 0.174. The fourth-order valence-corrected chi connectivity index (χ4v) is 2.29. The standard InChI is InChI=1S/C16H18F2N2/c1-11(14-5-3-4-6-15(14)18)20(2)16-8-7-13(17)9-12(16)10-19/h3-9,11H,10,19H2,1-2H3. The van der Waals surface area contributed by atoms with Gasteiger partial charge in [-0.3, -0.25) is 0 Å². The molecule has 0 heterocycles. The van der Waals surface area contributed by atoms with E-state index in [1.54, 1.807) is 24.3 Å². The summed E-state index contributed by atoms with van der Waals surface area (Å²) in [5.74, 6) is -0.565. The van der Waals surface area contributed by atoms with Gasteiger partial charge in [-0.15, -0.1) is 0 Å². The van der Waals surface area contributed by atoms with Crippen molar-refractivity contribution in [1.29, 1.82) is 0 Å². The Morgan fingerprint density at radius 2 is 1.85 bits per heavy atom. The molecule has 2 aromatic carbocycles. The van der Waals surface area contributed by atoms with Crippen LogP contribution in [0.4, 0.5) is 14.5 Å². The van der Waals surface area contributed by atoms with Crippen LogP contribution in [0.2, 0.25) is 0 Å². The molecule has 0 fully saturated rings. The molecule has 4 heteroatoms. The lowest BCUT2D eigenvalue weighted by molar-refractivity contribution is 0.584. The zero-order valence-electron chi connectivity index (χ0n) is 11.6. The average Bonchev–Trinajstić information content (AvgIpc) is 2.46. The van der Waals surface area contributed by atoms with Gasteiger partial charge in [0.1, 0.15) is 11.6 Å². The summed E-state index contributed by atoms with van der Waals surface area (Å²) in [7, 11) is 1.85. The van der Waals surface area contributed by atoms with Crippen LogP contribution in [0.1, 0.15) is 24.1 Å². The molecule has 0 radical (unpaired) electrons. The molecule has 0 aromatic heterocycles. The van der Waals surface area contributed by atoms with Crippen molar-refractivity contribution >= 4 is 5.69 Å². The van der Waals surface area contributed by atoms with Crippen LogP contribution in [-0.2, 0) is 6.54 Å². The van der Waals surface area contributed by atoms with E-state index in [1.807, 2.05) is 18.9 Å². The van der Waals surface area contributed by atoms with Crippen LogP contribution >= 0.6 is 0 Å². The molecular formula is C16H18F2N2. The molecule has 2 nitrogen and oxygen atoms in total. The third-order valence-corrected chi connectivity index (χ3v) is 3.58. The molecule has 0 spiro atoms. The van der Waals surface area contributed by atoms with Crippen molar-refractivity contribution in [3.8, 4) is 0 Å². The first-order valence-electron chi connectivity index (χ1n) is 6.50. The molecule has 106 valence electrons. The van der Waals surface area contributed by atoms with E-state index in [9.17, 15) is 8.78 Å². The Labute approximate surface area is 117 Å². The molecule has 2 rings (SSSR count). The molecule has 0 aliphatic rings. The van der Waals surface area contributed by atoms with E-state index in [0.29, 0.717) is 11.1 Å². The minimum atomic E-state index is -0.318. The summed E-state index contributed by atoms with van der Waals surface area (Å²) in [6.07, 6.45) is 0. The van der Waals surface area contributed by atoms with E-state index >= 15 is 0 Å². The molecule has 1 unspecified atom stereocenters. The van der Waals surface area contributed by atoms with Crippen LogP contribution in [0.15, 0.2) is 42.5 Å². The first-order chi connectivity index (χ1) is 9.54. The normalized spacial score (nSPS) is 12.2. The molecule has 1 atom stereocenters. The number of benzene rings is 2. The summed E-state index contributed by atoms with van der Waals surface area (Å²) >= 11 is 0. The minimum Gasteiger partial charge on any atom is -0.367 e. The third-order valence-electron chi connectivity index (χ3n) is 3.58. The largest absolute Gasteiger partial charge is 0.367 e. The van der Waals surface area contributed by atoms with Gasteiger partial charge in [0.15, 0.2) is 0 Å². The lowest BCUT2D eigenvalue weighted by atomic mass is 10.0. The Morgan fingerprint density at radius 1 is 1.15 bits per heavy atom. The lowest BCUT2D eigenvalue weighted by Gasteiger charge is -2.29. The predicted octanol–water partition coefficient (Wildman–Crippen LogP) is 3.62. The smallest absolute Gasteiger partial charge is 0.128 e. The number of hydrogen-bond acceptors (Lipinski definition) is 2. The zero-order valence-corrected chi connectivity index (χ0v) is 11.6. The zero-order chi connectivity index (χ0) is 14.7. The van der Waals surface area contributed by atoms with Crippen LogP contribution in [0, 0.1) is 11.6 Å². The molecule has 0 saturated heterocycles. The van der Waals surface area contributed by atoms with E-state index < -0.39 is 0 Å². The monoisotopic (exact) mass is 276 g/mol. The summed E-state index contributed by atoms with van der Waals surface area (Å²) in [6, 6.07) is 11.0. The quantitative estimate of drug-likeness (QED) is 0.924. The van der Waals surface area contributed by atoms with Gasteiger partial charge >= 0.3 is 0 Å². The van der Waals surface area contributed by atoms with Crippen molar-refractivity contribution in [2.45, 2.75) is 19.5 Å². The van der Waals surface area contributed by atoms with Crippen molar-refractivity contribution in [3.63, 3.8) is 0 Å². The van der Waals surface area contributed by atoms with Crippen molar-refractivity contribution < 1.29 is 8.78 Å². The van der Waals surface area contributed by atoms with Crippen LogP contribution in [-0.4, -0.2) is 7.05 Å². The maximum Gasteiger partial charge on any atom is 0.128 e. The van der Waals surface area contributed by atoms with Gasteiger partial charge in [0.05, 0.1) is 6.04 Å². The first-order valence-corrected chi connectivity index (χ1v) is 6.50. The summed E-state index contributed by atoms with van der Waals surface area (Å²) in [5, 5.41) is 0. The Morgan fingerprint density at radius 3 is 2.50 bits per heavy atom. The van der Waals surface area contributed by atoms with E-state index in [0.717, 1.165) is 5.69 Å². The van der Waals surface area contributed by atoms with Crippen LogP contribution < -0.4 is 10.6 Å². The SMILES string of the molecule is CC(c1ccccc1F)N(C)c1ccc(F)cc1CN. The number of nitrogens with zero attached hydrogens (tertiary/aromatic N) is 1. The topological polar surface area (TPSA) is 29.3 Å². The molecule has 0 bridgehead atoms. The van der Waals surface area contributed by atoms with Gasteiger partial charge < -0.3 is 10.6 Å². The Bertz CT molecular complexity index is 599.